The second-order valence-corrected chi connectivity index (χ2v) is 2.69. The highest BCUT2D eigenvalue weighted by Gasteiger charge is 2.11. The van der Waals surface area contributed by atoms with Gasteiger partial charge in [0.2, 0.25) is 0 Å². The Bertz CT molecular complexity index is 320. The molecule has 1 heteroatoms. The third-order valence-electron chi connectivity index (χ3n) is 2.05. The van der Waals surface area contributed by atoms with Crippen LogP contribution < -0.4 is 5.32 Å². The van der Waals surface area contributed by atoms with Crippen LogP contribution in [0.3, 0.4) is 0 Å². The van der Waals surface area contributed by atoms with Crippen LogP contribution >= 0.6 is 0 Å². The van der Waals surface area contributed by atoms with Crippen LogP contribution in [0.1, 0.15) is 16.7 Å². The van der Waals surface area contributed by atoms with E-state index in [0.29, 0.717) is 0 Å². The molecule has 0 saturated heterocycles. The number of fused-ring (bicyclic) bond motifs is 1. The topological polar surface area (TPSA) is 12.0 Å². The largest absolute Gasteiger partial charge is 0.309 e. The van der Waals surface area contributed by atoms with Crippen LogP contribution in [-0.4, -0.2) is 0 Å². The van der Waals surface area contributed by atoms with Crippen molar-refractivity contribution in [2.24, 2.45) is 0 Å². The average molecular weight is 143 g/mol. The normalized spacial score (nSPS) is 14.1. The molecule has 1 aromatic carbocycles. The standard InChI is InChI=1S/C10H9N/c1-2-8-4-3-5-9-6-11-7-10(8)9/h1,3-5,11H,6-7H2. The number of hydrogen-bond donors (Lipinski definition) is 1. The van der Waals surface area contributed by atoms with Gasteiger partial charge in [-0.15, -0.1) is 6.42 Å². The summed E-state index contributed by atoms with van der Waals surface area (Å²) in [6.07, 6.45) is 5.35. The fourth-order valence-corrected chi connectivity index (χ4v) is 1.47. The van der Waals surface area contributed by atoms with Gasteiger partial charge in [0.15, 0.2) is 0 Å². The molecule has 0 aromatic heterocycles. The summed E-state index contributed by atoms with van der Waals surface area (Å²) in [4.78, 5) is 0. The van der Waals surface area contributed by atoms with Crippen LogP contribution in [0.25, 0.3) is 0 Å². The van der Waals surface area contributed by atoms with Crippen molar-refractivity contribution >= 4 is 0 Å². The van der Waals surface area contributed by atoms with Gasteiger partial charge < -0.3 is 5.32 Å². The van der Waals surface area contributed by atoms with Crippen molar-refractivity contribution in [1.82, 2.24) is 5.32 Å². The second-order valence-electron chi connectivity index (χ2n) is 2.69. The summed E-state index contributed by atoms with van der Waals surface area (Å²) >= 11 is 0. The highest BCUT2D eigenvalue weighted by molar-refractivity contribution is 5.46. The van der Waals surface area contributed by atoms with Gasteiger partial charge in [-0.1, -0.05) is 18.1 Å². The number of benzene rings is 1. The first-order valence-corrected chi connectivity index (χ1v) is 3.70. The number of terminal acetylenes is 1. The Morgan fingerprint density at radius 3 is 3.09 bits per heavy atom. The van der Waals surface area contributed by atoms with Gasteiger partial charge in [0.1, 0.15) is 0 Å². The Kier molecular flexibility index (Phi) is 1.41. The minimum absolute atomic E-state index is 0.926. The monoisotopic (exact) mass is 143 g/mol. The third-order valence-corrected chi connectivity index (χ3v) is 2.05. The Morgan fingerprint density at radius 2 is 2.27 bits per heavy atom. The van der Waals surface area contributed by atoms with Crippen molar-refractivity contribution in [2.75, 3.05) is 0 Å². The van der Waals surface area contributed by atoms with E-state index in [-0.39, 0.29) is 0 Å². The molecule has 54 valence electrons. The molecule has 0 fully saturated rings. The van der Waals surface area contributed by atoms with E-state index in [2.05, 4.69) is 17.3 Å². The van der Waals surface area contributed by atoms with Crippen LogP contribution in [0.4, 0.5) is 0 Å². The minimum atomic E-state index is 0.926. The molecular weight excluding hydrogens is 134 g/mol. The van der Waals surface area contributed by atoms with Crippen molar-refractivity contribution in [2.45, 2.75) is 13.1 Å². The molecule has 0 saturated carbocycles. The van der Waals surface area contributed by atoms with E-state index < -0.39 is 0 Å². The van der Waals surface area contributed by atoms with E-state index >= 15 is 0 Å². The SMILES string of the molecule is C#Cc1cccc2c1CNC2. The van der Waals surface area contributed by atoms with Crippen molar-refractivity contribution < 1.29 is 0 Å². The van der Waals surface area contributed by atoms with Gasteiger partial charge in [-0.05, 0) is 17.2 Å². The lowest BCUT2D eigenvalue weighted by molar-refractivity contribution is 0.764. The third kappa shape index (κ3) is 0.923. The molecule has 11 heavy (non-hydrogen) atoms. The summed E-state index contributed by atoms with van der Waals surface area (Å²) in [7, 11) is 0. The lowest BCUT2D eigenvalue weighted by Gasteiger charge is -1.98. The zero-order valence-electron chi connectivity index (χ0n) is 6.22. The first-order valence-electron chi connectivity index (χ1n) is 3.70. The Morgan fingerprint density at radius 1 is 1.36 bits per heavy atom. The zero-order valence-corrected chi connectivity index (χ0v) is 6.22. The quantitative estimate of drug-likeness (QED) is 0.539. The molecule has 1 aliphatic heterocycles. The van der Waals surface area contributed by atoms with Crippen molar-refractivity contribution in [1.29, 1.82) is 0 Å². The molecule has 0 unspecified atom stereocenters. The van der Waals surface area contributed by atoms with Gasteiger partial charge in [-0.3, -0.25) is 0 Å². The van der Waals surface area contributed by atoms with Crippen LogP contribution in [0.5, 0.6) is 0 Å². The van der Waals surface area contributed by atoms with E-state index in [0.717, 1.165) is 18.7 Å². The highest BCUT2D eigenvalue weighted by atomic mass is 14.9. The van der Waals surface area contributed by atoms with Gasteiger partial charge in [-0.25, -0.2) is 0 Å². The van der Waals surface area contributed by atoms with Crippen LogP contribution in [0.2, 0.25) is 0 Å². The van der Waals surface area contributed by atoms with Crippen molar-refractivity contribution in [3.05, 3.63) is 34.9 Å². The number of rotatable bonds is 0. The van der Waals surface area contributed by atoms with Gasteiger partial charge >= 0.3 is 0 Å². The highest BCUT2D eigenvalue weighted by Crippen LogP contribution is 2.18. The summed E-state index contributed by atoms with van der Waals surface area (Å²) in [5.74, 6) is 2.69. The molecule has 1 aliphatic rings. The lowest BCUT2D eigenvalue weighted by Crippen LogP contribution is -2.00. The lowest BCUT2D eigenvalue weighted by atomic mass is 10.0. The van der Waals surface area contributed by atoms with Crippen molar-refractivity contribution in [3.63, 3.8) is 0 Å². The van der Waals surface area contributed by atoms with Crippen LogP contribution in [0, 0.1) is 12.3 Å². The predicted molar refractivity (Wildman–Crippen MR) is 44.9 cm³/mol. The molecule has 1 heterocycles. The van der Waals surface area contributed by atoms with Gasteiger partial charge in [0.05, 0.1) is 0 Å². The second kappa shape index (κ2) is 2.41. The van der Waals surface area contributed by atoms with Crippen LogP contribution in [0.15, 0.2) is 18.2 Å². The molecule has 0 radical (unpaired) electrons. The number of nitrogens with one attached hydrogen (secondary N) is 1. The molecule has 1 N–H and O–H groups in total. The molecule has 0 amide bonds. The van der Waals surface area contributed by atoms with E-state index in [9.17, 15) is 0 Å². The molecule has 0 spiro atoms. The molecular formula is C10H9N. The van der Waals surface area contributed by atoms with Gasteiger partial charge in [0, 0.05) is 18.7 Å². The fourth-order valence-electron chi connectivity index (χ4n) is 1.47. The van der Waals surface area contributed by atoms with E-state index in [4.69, 9.17) is 6.42 Å². The summed E-state index contributed by atoms with van der Waals surface area (Å²) in [6, 6.07) is 6.13. The van der Waals surface area contributed by atoms with Crippen molar-refractivity contribution in [3.8, 4) is 12.3 Å². The summed E-state index contributed by atoms with van der Waals surface area (Å²) < 4.78 is 0. The Hall–Kier alpha value is -1.26. The first-order chi connectivity index (χ1) is 5.42. The first kappa shape index (κ1) is 6.45. The Balaban J connectivity index is 2.61. The van der Waals surface area contributed by atoms with Gasteiger partial charge in [-0.2, -0.15) is 0 Å². The summed E-state index contributed by atoms with van der Waals surface area (Å²) in [5, 5.41) is 3.27. The molecule has 2 rings (SSSR count). The van der Waals surface area contributed by atoms with Gasteiger partial charge in [0.25, 0.3) is 0 Å². The molecule has 1 nitrogen and oxygen atoms in total. The molecule has 0 atom stereocenters. The van der Waals surface area contributed by atoms with E-state index in [1.54, 1.807) is 0 Å². The zero-order chi connectivity index (χ0) is 7.68. The molecule has 0 aliphatic carbocycles. The molecule has 1 aromatic rings. The number of hydrogen-bond acceptors (Lipinski definition) is 1. The maximum atomic E-state index is 5.35. The smallest absolute Gasteiger partial charge is 0.0290 e. The Labute approximate surface area is 66.4 Å². The predicted octanol–water partition coefficient (Wildman–Crippen LogP) is 1.27. The van der Waals surface area contributed by atoms with Crippen LogP contribution in [-0.2, 0) is 13.1 Å². The van der Waals surface area contributed by atoms with E-state index in [1.165, 1.54) is 11.1 Å². The maximum Gasteiger partial charge on any atom is 0.0290 e. The summed E-state index contributed by atoms with van der Waals surface area (Å²) in [5.41, 5.74) is 3.68. The average Bonchev–Trinajstić information content (AvgIpc) is 2.50. The maximum absolute atomic E-state index is 5.35. The minimum Gasteiger partial charge on any atom is -0.309 e. The summed E-state index contributed by atoms with van der Waals surface area (Å²) in [6.45, 7) is 1.89. The fraction of sp³-hybridized carbons (Fsp3) is 0.200. The van der Waals surface area contributed by atoms with E-state index in [1.807, 2.05) is 12.1 Å². The molecule has 0 bridgehead atoms.